The molecular weight excluding hydrogens is 176 g/mol. The molecule has 14 heavy (non-hydrogen) atoms. The minimum Gasteiger partial charge on any atom is -0.496 e. The van der Waals surface area contributed by atoms with Gasteiger partial charge in [-0.05, 0) is 24.0 Å². The van der Waals surface area contributed by atoms with Crippen molar-refractivity contribution in [3.8, 4) is 5.75 Å². The van der Waals surface area contributed by atoms with Gasteiger partial charge in [0.25, 0.3) is 0 Å². The fraction of sp³-hybridized carbons (Fsp3) is 0.417. The molecule has 2 rings (SSSR count). The third-order valence-corrected chi connectivity index (χ3v) is 2.82. The summed E-state index contributed by atoms with van der Waals surface area (Å²) >= 11 is 0. The summed E-state index contributed by atoms with van der Waals surface area (Å²) in [5.41, 5.74) is 1.18. The van der Waals surface area contributed by atoms with E-state index in [4.69, 9.17) is 4.74 Å². The van der Waals surface area contributed by atoms with Crippen LogP contribution in [0.5, 0.6) is 5.75 Å². The highest BCUT2D eigenvalue weighted by atomic mass is 16.5. The van der Waals surface area contributed by atoms with Crippen LogP contribution in [0, 0.1) is 0 Å². The van der Waals surface area contributed by atoms with Crippen LogP contribution in [-0.2, 0) is 4.79 Å². The molecule has 0 heterocycles. The molecule has 1 aliphatic carbocycles. The molecule has 1 fully saturated rings. The van der Waals surface area contributed by atoms with E-state index in [1.165, 1.54) is 5.56 Å². The second-order valence-electron chi connectivity index (χ2n) is 3.72. The van der Waals surface area contributed by atoms with Gasteiger partial charge in [-0.25, -0.2) is 0 Å². The largest absolute Gasteiger partial charge is 0.496 e. The van der Waals surface area contributed by atoms with Crippen LogP contribution in [0.3, 0.4) is 0 Å². The Morgan fingerprint density at radius 3 is 2.79 bits per heavy atom. The van der Waals surface area contributed by atoms with E-state index in [-0.39, 0.29) is 0 Å². The lowest BCUT2D eigenvalue weighted by Crippen LogP contribution is -1.97. The minimum atomic E-state index is 0.374. The molecule has 2 heteroatoms. The zero-order valence-corrected chi connectivity index (χ0v) is 8.32. The summed E-state index contributed by atoms with van der Waals surface area (Å²) in [5, 5.41) is 0. The van der Waals surface area contributed by atoms with Gasteiger partial charge in [-0.3, -0.25) is 4.79 Å². The van der Waals surface area contributed by atoms with Crippen LogP contribution < -0.4 is 4.74 Å². The molecule has 0 radical (unpaired) electrons. The Balaban J connectivity index is 2.27. The lowest BCUT2D eigenvalue weighted by atomic mass is 9.97. The number of ether oxygens (including phenoxy) is 1. The predicted molar refractivity (Wildman–Crippen MR) is 54.6 cm³/mol. The molecule has 1 aliphatic rings. The second-order valence-corrected chi connectivity index (χ2v) is 3.72. The molecule has 0 bridgehead atoms. The molecule has 1 aromatic carbocycles. The van der Waals surface area contributed by atoms with Crippen molar-refractivity contribution in [2.45, 2.75) is 25.2 Å². The number of benzene rings is 1. The van der Waals surface area contributed by atoms with Crippen molar-refractivity contribution in [3.05, 3.63) is 29.8 Å². The van der Waals surface area contributed by atoms with Gasteiger partial charge in [0, 0.05) is 12.8 Å². The summed E-state index contributed by atoms with van der Waals surface area (Å²) in [6, 6.07) is 7.97. The van der Waals surface area contributed by atoms with Crippen molar-refractivity contribution in [1.29, 1.82) is 0 Å². The maximum absolute atomic E-state index is 11.2. The average Bonchev–Trinajstić information content (AvgIpc) is 2.65. The van der Waals surface area contributed by atoms with Crippen LogP contribution in [0.1, 0.15) is 30.7 Å². The van der Waals surface area contributed by atoms with E-state index in [0.29, 0.717) is 18.1 Å². The Bertz CT molecular complexity index is 344. The summed E-state index contributed by atoms with van der Waals surface area (Å²) in [4.78, 5) is 11.2. The Kier molecular flexibility index (Phi) is 2.53. The first kappa shape index (κ1) is 9.25. The fourth-order valence-corrected chi connectivity index (χ4v) is 2.08. The monoisotopic (exact) mass is 190 g/mol. The Morgan fingerprint density at radius 1 is 1.36 bits per heavy atom. The van der Waals surface area contributed by atoms with Crippen LogP contribution in [-0.4, -0.2) is 12.9 Å². The van der Waals surface area contributed by atoms with E-state index in [2.05, 4.69) is 6.07 Å². The van der Waals surface area contributed by atoms with Crippen LogP contribution >= 0.6 is 0 Å². The molecule has 0 aromatic heterocycles. The number of carbonyl (C=O) groups is 1. The normalized spacial score (nSPS) is 21.2. The van der Waals surface area contributed by atoms with E-state index in [1.54, 1.807) is 7.11 Å². The number of Topliss-reactive ketones (excluding diaryl/α,β-unsaturated/α-hetero) is 1. The van der Waals surface area contributed by atoms with Gasteiger partial charge in [-0.1, -0.05) is 18.2 Å². The zero-order chi connectivity index (χ0) is 9.97. The van der Waals surface area contributed by atoms with E-state index in [0.717, 1.165) is 18.6 Å². The van der Waals surface area contributed by atoms with Crippen molar-refractivity contribution in [1.82, 2.24) is 0 Å². The summed E-state index contributed by atoms with van der Waals surface area (Å²) in [5.74, 6) is 1.66. The molecule has 0 unspecified atom stereocenters. The highest BCUT2D eigenvalue weighted by Gasteiger charge is 2.25. The van der Waals surface area contributed by atoms with Gasteiger partial charge in [0.1, 0.15) is 11.5 Å². The molecule has 0 spiro atoms. The Hall–Kier alpha value is -1.31. The minimum absolute atomic E-state index is 0.374. The highest BCUT2D eigenvalue weighted by Crippen LogP contribution is 2.36. The lowest BCUT2D eigenvalue weighted by Gasteiger charge is -2.12. The van der Waals surface area contributed by atoms with Gasteiger partial charge < -0.3 is 4.74 Å². The van der Waals surface area contributed by atoms with Gasteiger partial charge in [0.15, 0.2) is 0 Å². The molecule has 0 aliphatic heterocycles. The van der Waals surface area contributed by atoms with Crippen molar-refractivity contribution in [3.63, 3.8) is 0 Å². The molecule has 1 saturated carbocycles. The first-order valence-electron chi connectivity index (χ1n) is 4.96. The quantitative estimate of drug-likeness (QED) is 0.716. The van der Waals surface area contributed by atoms with Crippen molar-refractivity contribution in [2.75, 3.05) is 7.11 Å². The maximum atomic E-state index is 11.2. The van der Waals surface area contributed by atoms with E-state index >= 15 is 0 Å². The fourth-order valence-electron chi connectivity index (χ4n) is 2.08. The summed E-state index contributed by atoms with van der Waals surface area (Å²) < 4.78 is 5.28. The van der Waals surface area contributed by atoms with Crippen molar-refractivity contribution in [2.24, 2.45) is 0 Å². The zero-order valence-electron chi connectivity index (χ0n) is 8.32. The molecule has 1 aromatic rings. The molecular formula is C12H14O2. The molecule has 0 N–H and O–H groups in total. The van der Waals surface area contributed by atoms with E-state index in [1.807, 2.05) is 18.2 Å². The van der Waals surface area contributed by atoms with Crippen LogP contribution in [0.2, 0.25) is 0 Å². The van der Waals surface area contributed by atoms with Crippen LogP contribution in [0.15, 0.2) is 24.3 Å². The number of para-hydroxylation sites is 1. The number of carbonyl (C=O) groups excluding carboxylic acids is 1. The predicted octanol–water partition coefficient (Wildman–Crippen LogP) is 2.53. The SMILES string of the molecule is COc1ccccc1[C@H]1CCC(=O)C1. The van der Waals surface area contributed by atoms with Gasteiger partial charge in [0.05, 0.1) is 7.11 Å². The van der Waals surface area contributed by atoms with Gasteiger partial charge in [-0.2, -0.15) is 0 Å². The summed E-state index contributed by atoms with van der Waals surface area (Å²) in [6.07, 6.45) is 2.38. The topological polar surface area (TPSA) is 26.3 Å². The number of hydrogen-bond acceptors (Lipinski definition) is 2. The van der Waals surface area contributed by atoms with Gasteiger partial charge >= 0.3 is 0 Å². The van der Waals surface area contributed by atoms with Crippen LogP contribution in [0.4, 0.5) is 0 Å². The smallest absolute Gasteiger partial charge is 0.133 e. The Labute approximate surface area is 83.9 Å². The highest BCUT2D eigenvalue weighted by molar-refractivity contribution is 5.81. The van der Waals surface area contributed by atoms with Gasteiger partial charge in [-0.15, -0.1) is 0 Å². The number of rotatable bonds is 2. The summed E-state index contributed by atoms with van der Waals surface area (Å²) in [6.45, 7) is 0. The molecule has 1 atom stereocenters. The second kappa shape index (κ2) is 3.82. The Morgan fingerprint density at radius 2 is 2.14 bits per heavy atom. The maximum Gasteiger partial charge on any atom is 0.133 e. The lowest BCUT2D eigenvalue weighted by molar-refractivity contribution is -0.117. The number of ketones is 1. The first-order chi connectivity index (χ1) is 6.81. The molecule has 2 nitrogen and oxygen atoms in total. The number of hydrogen-bond donors (Lipinski definition) is 0. The first-order valence-corrected chi connectivity index (χ1v) is 4.96. The molecule has 74 valence electrons. The number of methoxy groups -OCH3 is 1. The average molecular weight is 190 g/mol. The van der Waals surface area contributed by atoms with E-state index in [9.17, 15) is 4.79 Å². The van der Waals surface area contributed by atoms with Crippen LogP contribution in [0.25, 0.3) is 0 Å². The van der Waals surface area contributed by atoms with Crippen molar-refractivity contribution < 1.29 is 9.53 Å². The van der Waals surface area contributed by atoms with Crippen molar-refractivity contribution >= 4 is 5.78 Å². The van der Waals surface area contributed by atoms with Gasteiger partial charge in [0.2, 0.25) is 0 Å². The third kappa shape index (κ3) is 1.65. The van der Waals surface area contributed by atoms with E-state index < -0.39 is 0 Å². The molecule has 0 amide bonds. The summed E-state index contributed by atoms with van der Waals surface area (Å²) in [7, 11) is 1.68. The molecule has 0 saturated heterocycles. The standard InChI is InChI=1S/C12H14O2/c1-14-12-5-3-2-4-11(12)9-6-7-10(13)8-9/h2-5,9H,6-8H2,1H3/t9-/m0/s1. The third-order valence-electron chi connectivity index (χ3n) is 2.82.